The number of nitrogens with two attached hydrogens (primary N) is 1. The largest absolute Gasteiger partial charge is 0.508 e. The third-order valence-corrected chi connectivity index (χ3v) is 2.40. The molecule has 0 aliphatic carbocycles. The van der Waals surface area contributed by atoms with Gasteiger partial charge >= 0.3 is 0 Å². The zero-order valence-electron chi connectivity index (χ0n) is 9.28. The van der Waals surface area contributed by atoms with E-state index in [0.717, 1.165) is 5.56 Å². The molecule has 2 rings (SSSR count). The molecule has 1 heterocycles. The van der Waals surface area contributed by atoms with Gasteiger partial charge < -0.3 is 15.6 Å². The quantitative estimate of drug-likeness (QED) is 0.841. The van der Waals surface area contributed by atoms with Crippen LogP contribution in [0.1, 0.15) is 11.6 Å². The molecular formula is C13H14N2O2. The van der Waals surface area contributed by atoms with Crippen molar-refractivity contribution >= 4 is 0 Å². The van der Waals surface area contributed by atoms with Crippen molar-refractivity contribution < 1.29 is 9.84 Å². The lowest BCUT2D eigenvalue weighted by atomic mass is 10.1. The first-order valence-electron chi connectivity index (χ1n) is 5.33. The highest BCUT2D eigenvalue weighted by molar-refractivity contribution is 5.30. The van der Waals surface area contributed by atoms with Gasteiger partial charge in [-0.3, -0.25) is 4.98 Å². The second-order valence-electron chi connectivity index (χ2n) is 3.69. The minimum Gasteiger partial charge on any atom is -0.508 e. The molecule has 0 radical (unpaired) electrons. The number of ether oxygens (including phenoxy) is 1. The molecule has 3 N–H and O–H groups in total. The van der Waals surface area contributed by atoms with Crippen LogP contribution in [0.3, 0.4) is 0 Å². The Labute approximate surface area is 99.7 Å². The Morgan fingerprint density at radius 3 is 2.41 bits per heavy atom. The molecule has 4 heteroatoms. The van der Waals surface area contributed by atoms with Crippen LogP contribution in [0.15, 0.2) is 48.8 Å². The van der Waals surface area contributed by atoms with Crippen LogP contribution < -0.4 is 10.5 Å². The summed E-state index contributed by atoms with van der Waals surface area (Å²) in [6.07, 6.45) is 3.41. The van der Waals surface area contributed by atoms with Crippen molar-refractivity contribution in [3.8, 4) is 11.5 Å². The van der Waals surface area contributed by atoms with Gasteiger partial charge in [-0.15, -0.1) is 0 Å². The third kappa shape index (κ3) is 3.19. The van der Waals surface area contributed by atoms with Crippen LogP contribution in [0.4, 0.5) is 0 Å². The van der Waals surface area contributed by atoms with Crippen molar-refractivity contribution in [3.63, 3.8) is 0 Å². The summed E-state index contributed by atoms with van der Waals surface area (Å²) in [5.74, 6) is 0.906. The van der Waals surface area contributed by atoms with Gasteiger partial charge in [0.15, 0.2) is 0 Å². The topological polar surface area (TPSA) is 68.4 Å². The van der Waals surface area contributed by atoms with Gasteiger partial charge in [-0.1, -0.05) is 0 Å². The molecule has 0 aliphatic heterocycles. The fraction of sp³-hybridized carbons (Fsp3) is 0.154. The SMILES string of the molecule is NC(COc1ccc(O)cc1)c1ccncc1. The molecule has 1 aromatic heterocycles. The van der Waals surface area contributed by atoms with E-state index < -0.39 is 0 Å². The van der Waals surface area contributed by atoms with Crippen LogP contribution in [-0.2, 0) is 0 Å². The monoisotopic (exact) mass is 230 g/mol. The van der Waals surface area contributed by atoms with Gasteiger partial charge in [0.05, 0.1) is 6.04 Å². The lowest BCUT2D eigenvalue weighted by molar-refractivity contribution is 0.290. The van der Waals surface area contributed by atoms with E-state index in [0.29, 0.717) is 12.4 Å². The fourth-order valence-corrected chi connectivity index (χ4v) is 1.44. The van der Waals surface area contributed by atoms with Gasteiger partial charge in [-0.05, 0) is 42.0 Å². The zero-order chi connectivity index (χ0) is 12.1. The van der Waals surface area contributed by atoms with E-state index >= 15 is 0 Å². The maximum atomic E-state index is 9.12. The summed E-state index contributed by atoms with van der Waals surface area (Å²) in [7, 11) is 0. The number of nitrogens with zero attached hydrogens (tertiary/aromatic N) is 1. The van der Waals surface area contributed by atoms with Gasteiger partial charge in [0.25, 0.3) is 0 Å². The molecule has 1 aromatic carbocycles. The number of phenolic OH excluding ortho intramolecular Hbond substituents is 1. The van der Waals surface area contributed by atoms with Gasteiger partial charge in [-0.2, -0.15) is 0 Å². The summed E-state index contributed by atoms with van der Waals surface area (Å²) in [4.78, 5) is 3.93. The molecule has 0 fully saturated rings. The van der Waals surface area contributed by atoms with Gasteiger partial charge in [-0.25, -0.2) is 0 Å². The molecular weight excluding hydrogens is 216 g/mol. The molecule has 1 atom stereocenters. The second-order valence-corrected chi connectivity index (χ2v) is 3.69. The predicted molar refractivity (Wildman–Crippen MR) is 64.8 cm³/mol. The van der Waals surface area contributed by atoms with Crippen LogP contribution in [0.25, 0.3) is 0 Å². The normalized spacial score (nSPS) is 12.1. The van der Waals surface area contributed by atoms with E-state index in [1.54, 1.807) is 36.7 Å². The van der Waals surface area contributed by atoms with E-state index in [1.165, 1.54) is 0 Å². The molecule has 1 unspecified atom stereocenters. The minimum atomic E-state index is -0.188. The number of rotatable bonds is 4. The van der Waals surface area contributed by atoms with Gasteiger partial charge in [0.1, 0.15) is 18.1 Å². The van der Waals surface area contributed by atoms with Crippen LogP contribution in [0.2, 0.25) is 0 Å². The van der Waals surface area contributed by atoms with Crippen molar-refractivity contribution in [2.45, 2.75) is 6.04 Å². The number of pyridine rings is 1. The van der Waals surface area contributed by atoms with Crippen LogP contribution in [0, 0.1) is 0 Å². The average molecular weight is 230 g/mol. The zero-order valence-corrected chi connectivity index (χ0v) is 9.28. The molecule has 4 nitrogen and oxygen atoms in total. The van der Waals surface area contributed by atoms with Crippen molar-refractivity contribution in [2.75, 3.05) is 6.61 Å². The molecule has 0 saturated carbocycles. The van der Waals surface area contributed by atoms with E-state index in [4.69, 9.17) is 15.6 Å². The number of aromatic nitrogens is 1. The maximum absolute atomic E-state index is 9.12. The lowest BCUT2D eigenvalue weighted by Crippen LogP contribution is -2.18. The van der Waals surface area contributed by atoms with Crippen molar-refractivity contribution in [3.05, 3.63) is 54.4 Å². The van der Waals surface area contributed by atoms with Gasteiger partial charge in [0.2, 0.25) is 0 Å². The lowest BCUT2D eigenvalue weighted by Gasteiger charge is -2.13. The molecule has 0 bridgehead atoms. The van der Waals surface area contributed by atoms with Crippen molar-refractivity contribution in [1.82, 2.24) is 4.98 Å². The predicted octanol–water partition coefficient (Wildman–Crippen LogP) is 1.87. The highest BCUT2D eigenvalue weighted by Gasteiger charge is 2.06. The molecule has 88 valence electrons. The van der Waals surface area contributed by atoms with Crippen molar-refractivity contribution in [1.29, 1.82) is 0 Å². The van der Waals surface area contributed by atoms with Crippen LogP contribution in [-0.4, -0.2) is 16.7 Å². The van der Waals surface area contributed by atoms with Gasteiger partial charge in [0, 0.05) is 12.4 Å². The van der Waals surface area contributed by atoms with Crippen molar-refractivity contribution in [2.24, 2.45) is 5.73 Å². The summed E-state index contributed by atoms with van der Waals surface area (Å²) >= 11 is 0. The average Bonchev–Trinajstić information content (AvgIpc) is 2.39. The highest BCUT2D eigenvalue weighted by Crippen LogP contribution is 2.17. The van der Waals surface area contributed by atoms with E-state index in [-0.39, 0.29) is 11.8 Å². The molecule has 0 amide bonds. The first-order valence-corrected chi connectivity index (χ1v) is 5.33. The molecule has 0 saturated heterocycles. The molecule has 2 aromatic rings. The van der Waals surface area contributed by atoms with Crippen LogP contribution >= 0.6 is 0 Å². The molecule has 0 aliphatic rings. The Morgan fingerprint density at radius 2 is 1.76 bits per heavy atom. The Balaban J connectivity index is 1.92. The summed E-state index contributed by atoms with van der Waals surface area (Å²) in [5, 5.41) is 9.12. The summed E-state index contributed by atoms with van der Waals surface area (Å²) in [6, 6.07) is 10.1. The fourth-order valence-electron chi connectivity index (χ4n) is 1.44. The smallest absolute Gasteiger partial charge is 0.119 e. The minimum absolute atomic E-state index is 0.188. The standard InChI is InChI=1S/C13H14N2O2/c14-13(10-5-7-15-8-6-10)9-17-12-3-1-11(16)2-4-12/h1-8,13,16H,9,14H2. The first-order chi connectivity index (χ1) is 8.25. The summed E-state index contributed by atoms with van der Waals surface area (Å²) in [5.41, 5.74) is 6.96. The molecule has 0 spiro atoms. The highest BCUT2D eigenvalue weighted by atomic mass is 16.5. The Bertz CT molecular complexity index is 457. The first kappa shape index (κ1) is 11.4. The Morgan fingerprint density at radius 1 is 1.12 bits per heavy atom. The second kappa shape index (κ2) is 5.32. The summed E-state index contributed by atoms with van der Waals surface area (Å²) in [6.45, 7) is 0.384. The van der Waals surface area contributed by atoms with E-state index in [2.05, 4.69) is 4.98 Å². The number of benzene rings is 1. The maximum Gasteiger partial charge on any atom is 0.119 e. The number of phenols is 1. The summed E-state index contributed by atoms with van der Waals surface area (Å²) < 4.78 is 5.52. The number of hydrogen-bond donors (Lipinski definition) is 2. The molecule has 17 heavy (non-hydrogen) atoms. The number of hydrogen-bond acceptors (Lipinski definition) is 4. The Kier molecular flexibility index (Phi) is 3.57. The van der Waals surface area contributed by atoms with E-state index in [9.17, 15) is 0 Å². The van der Waals surface area contributed by atoms with E-state index in [1.807, 2.05) is 12.1 Å². The third-order valence-electron chi connectivity index (χ3n) is 2.40. The number of aromatic hydroxyl groups is 1. The van der Waals surface area contributed by atoms with Crippen LogP contribution in [0.5, 0.6) is 11.5 Å². The Hall–Kier alpha value is -2.07.